The maximum atomic E-state index is 12.5. The first-order valence-electron chi connectivity index (χ1n) is 5.73. The predicted molar refractivity (Wildman–Crippen MR) is 68.6 cm³/mol. The second kappa shape index (κ2) is 5.27. The highest BCUT2D eigenvalue weighted by Crippen LogP contribution is 2.28. The van der Waals surface area contributed by atoms with E-state index < -0.39 is 16.1 Å². The van der Waals surface area contributed by atoms with E-state index in [0.29, 0.717) is 13.0 Å². The number of nitrogens with zero attached hydrogens (tertiary/aromatic N) is 2. The van der Waals surface area contributed by atoms with Gasteiger partial charge in [-0.15, -0.1) is 0 Å². The second-order valence-corrected chi connectivity index (χ2v) is 6.45. The summed E-state index contributed by atoms with van der Waals surface area (Å²) in [7, 11) is -3.68. The molecule has 1 heterocycles. The quantitative estimate of drug-likeness (QED) is 0.838. The fraction of sp³-hybridized carbons (Fsp3) is 0.417. The summed E-state index contributed by atoms with van der Waals surface area (Å²) in [4.78, 5) is 0.0776. The first-order chi connectivity index (χ1) is 8.57. The smallest absolute Gasteiger partial charge is 0.207 e. The third kappa shape index (κ3) is 2.37. The van der Waals surface area contributed by atoms with Crippen molar-refractivity contribution in [2.75, 3.05) is 6.54 Å². The molecular weight excluding hydrogens is 272 g/mol. The molecule has 0 aromatic heterocycles. The molecule has 2 rings (SSSR count). The van der Waals surface area contributed by atoms with Crippen molar-refractivity contribution in [3.05, 3.63) is 29.3 Å². The third-order valence-corrected chi connectivity index (χ3v) is 5.43. The molecule has 0 N–H and O–H groups in total. The zero-order chi connectivity index (χ0) is 13.2. The van der Waals surface area contributed by atoms with Crippen LogP contribution in [0.3, 0.4) is 0 Å². The normalized spacial score (nSPS) is 21.4. The summed E-state index contributed by atoms with van der Waals surface area (Å²) in [6, 6.07) is 7.79. The molecule has 1 aliphatic heterocycles. The van der Waals surface area contributed by atoms with Gasteiger partial charge in [0.25, 0.3) is 0 Å². The van der Waals surface area contributed by atoms with Gasteiger partial charge in [-0.25, -0.2) is 8.42 Å². The average Bonchev–Trinajstić information content (AvgIpc) is 2.39. The van der Waals surface area contributed by atoms with Crippen LogP contribution in [0.1, 0.15) is 19.3 Å². The van der Waals surface area contributed by atoms with Crippen molar-refractivity contribution < 1.29 is 8.42 Å². The fourth-order valence-electron chi connectivity index (χ4n) is 2.10. The van der Waals surface area contributed by atoms with Crippen LogP contribution in [-0.4, -0.2) is 25.3 Å². The maximum Gasteiger partial charge on any atom is 0.245 e. The Balaban J connectivity index is 2.43. The van der Waals surface area contributed by atoms with Crippen molar-refractivity contribution in [1.82, 2.24) is 4.31 Å². The lowest BCUT2D eigenvalue weighted by molar-refractivity contribution is 0.297. The van der Waals surface area contributed by atoms with Crippen molar-refractivity contribution >= 4 is 21.6 Å². The lowest BCUT2D eigenvalue weighted by Gasteiger charge is -2.30. The molecule has 1 atom stereocenters. The second-order valence-electron chi connectivity index (χ2n) is 4.19. The number of benzene rings is 1. The summed E-state index contributed by atoms with van der Waals surface area (Å²) < 4.78 is 26.2. The summed E-state index contributed by atoms with van der Waals surface area (Å²) in [6.07, 6.45) is 2.24. The van der Waals surface area contributed by atoms with E-state index in [1.165, 1.54) is 10.4 Å². The van der Waals surface area contributed by atoms with Crippen LogP contribution >= 0.6 is 11.6 Å². The molecule has 0 saturated carbocycles. The number of halogens is 1. The lowest BCUT2D eigenvalue weighted by atomic mass is 10.1. The molecule has 1 aromatic carbocycles. The first kappa shape index (κ1) is 13.3. The predicted octanol–water partition coefficient (Wildman–Crippen LogP) is 2.41. The number of piperidine rings is 1. The molecule has 0 spiro atoms. The highest BCUT2D eigenvalue weighted by Gasteiger charge is 2.34. The van der Waals surface area contributed by atoms with E-state index in [1.807, 2.05) is 0 Å². The van der Waals surface area contributed by atoms with Gasteiger partial charge >= 0.3 is 0 Å². The monoisotopic (exact) mass is 284 g/mol. The van der Waals surface area contributed by atoms with Crippen LogP contribution in [0.4, 0.5) is 0 Å². The number of nitriles is 1. The molecule has 0 bridgehead atoms. The minimum absolute atomic E-state index is 0.0776. The van der Waals surface area contributed by atoms with E-state index >= 15 is 0 Å². The van der Waals surface area contributed by atoms with E-state index in [2.05, 4.69) is 6.07 Å². The molecule has 1 aromatic rings. The van der Waals surface area contributed by atoms with E-state index in [9.17, 15) is 8.42 Å². The number of hydrogen-bond donors (Lipinski definition) is 0. The van der Waals surface area contributed by atoms with E-state index in [1.54, 1.807) is 18.2 Å². The van der Waals surface area contributed by atoms with Gasteiger partial charge < -0.3 is 0 Å². The Morgan fingerprint density at radius 2 is 2.06 bits per heavy atom. The molecule has 1 fully saturated rings. The van der Waals surface area contributed by atoms with E-state index in [-0.39, 0.29) is 9.92 Å². The average molecular weight is 285 g/mol. The molecule has 0 amide bonds. The van der Waals surface area contributed by atoms with Crippen LogP contribution < -0.4 is 0 Å². The number of sulfonamides is 1. The van der Waals surface area contributed by atoms with Gasteiger partial charge in [-0.3, -0.25) is 0 Å². The summed E-state index contributed by atoms with van der Waals surface area (Å²) in [6.45, 7) is 0.381. The molecule has 96 valence electrons. The van der Waals surface area contributed by atoms with Crippen molar-refractivity contribution in [3.8, 4) is 6.07 Å². The summed E-state index contributed by atoms with van der Waals surface area (Å²) in [5.74, 6) is 0. The summed E-state index contributed by atoms with van der Waals surface area (Å²) in [5.41, 5.74) is 0. The molecule has 0 aliphatic carbocycles. The van der Waals surface area contributed by atoms with E-state index in [4.69, 9.17) is 16.9 Å². The minimum atomic E-state index is -3.68. The molecule has 0 radical (unpaired) electrons. The van der Waals surface area contributed by atoms with Gasteiger partial charge in [0.1, 0.15) is 10.9 Å². The molecule has 1 unspecified atom stereocenters. The molecule has 6 heteroatoms. The van der Waals surface area contributed by atoms with Crippen LogP contribution in [0, 0.1) is 11.3 Å². The minimum Gasteiger partial charge on any atom is -0.207 e. The van der Waals surface area contributed by atoms with Gasteiger partial charge in [0.2, 0.25) is 10.0 Å². The topological polar surface area (TPSA) is 61.2 Å². The zero-order valence-electron chi connectivity index (χ0n) is 9.71. The highest BCUT2D eigenvalue weighted by atomic mass is 35.5. The van der Waals surface area contributed by atoms with Gasteiger partial charge in [0.15, 0.2) is 0 Å². The van der Waals surface area contributed by atoms with Gasteiger partial charge in [-0.2, -0.15) is 9.57 Å². The zero-order valence-corrected chi connectivity index (χ0v) is 11.3. The van der Waals surface area contributed by atoms with Gasteiger partial charge in [0.05, 0.1) is 11.1 Å². The number of rotatable bonds is 2. The lowest BCUT2D eigenvalue weighted by Crippen LogP contribution is -2.42. The SMILES string of the molecule is N#CC1CCCCN1S(=O)(=O)c1ccccc1Cl. The van der Waals surface area contributed by atoms with Crippen molar-refractivity contribution in [2.24, 2.45) is 0 Å². The van der Waals surface area contributed by atoms with Crippen LogP contribution in [0.2, 0.25) is 5.02 Å². The Morgan fingerprint density at radius 1 is 1.33 bits per heavy atom. The van der Waals surface area contributed by atoms with Crippen LogP contribution in [0.15, 0.2) is 29.2 Å². The Kier molecular flexibility index (Phi) is 3.91. The van der Waals surface area contributed by atoms with Crippen LogP contribution in [-0.2, 0) is 10.0 Å². The molecule has 4 nitrogen and oxygen atoms in total. The summed E-state index contributed by atoms with van der Waals surface area (Å²) in [5, 5.41) is 9.25. The van der Waals surface area contributed by atoms with Gasteiger partial charge in [-0.1, -0.05) is 23.7 Å². The first-order valence-corrected chi connectivity index (χ1v) is 7.55. The van der Waals surface area contributed by atoms with E-state index in [0.717, 1.165) is 12.8 Å². The fourth-order valence-corrected chi connectivity index (χ4v) is 4.20. The van der Waals surface area contributed by atoms with Gasteiger partial charge in [0, 0.05) is 6.54 Å². The molecular formula is C12H13ClN2O2S. The molecule has 18 heavy (non-hydrogen) atoms. The highest BCUT2D eigenvalue weighted by molar-refractivity contribution is 7.89. The molecule has 1 saturated heterocycles. The number of hydrogen-bond acceptors (Lipinski definition) is 3. The molecule has 1 aliphatic rings. The standard InChI is InChI=1S/C12H13ClN2O2S/c13-11-6-1-2-7-12(11)18(16,17)15-8-4-3-5-10(15)9-14/h1-2,6-7,10H,3-5,8H2. The Morgan fingerprint density at radius 3 is 2.72 bits per heavy atom. The maximum absolute atomic E-state index is 12.5. The van der Waals surface area contributed by atoms with Crippen molar-refractivity contribution in [1.29, 1.82) is 5.26 Å². The van der Waals surface area contributed by atoms with Crippen molar-refractivity contribution in [2.45, 2.75) is 30.2 Å². The largest absolute Gasteiger partial charge is 0.245 e. The van der Waals surface area contributed by atoms with Crippen LogP contribution in [0.5, 0.6) is 0 Å². The Hall–Kier alpha value is -1.09. The third-order valence-electron chi connectivity index (χ3n) is 3.03. The Labute approximate surface area is 112 Å². The van der Waals surface area contributed by atoms with Crippen LogP contribution in [0.25, 0.3) is 0 Å². The van der Waals surface area contributed by atoms with Gasteiger partial charge in [-0.05, 0) is 31.4 Å². The Bertz CT molecular complexity index is 580. The van der Waals surface area contributed by atoms with Crippen molar-refractivity contribution in [3.63, 3.8) is 0 Å². The summed E-state index contributed by atoms with van der Waals surface area (Å²) >= 11 is 5.93.